The summed E-state index contributed by atoms with van der Waals surface area (Å²) in [7, 11) is 1.61. The molecule has 1 amide bonds. The number of ether oxygens (including phenoxy) is 1. The van der Waals surface area contributed by atoms with Gasteiger partial charge in [0.1, 0.15) is 11.6 Å². The fourth-order valence-electron chi connectivity index (χ4n) is 3.66. The van der Waals surface area contributed by atoms with E-state index in [1.165, 1.54) is 0 Å². The molecule has 4 N–H and O–H groups in total. The van der Waals surface area contributed by atoms with E-state index in [0.29, 0.717) is 52.1 Å². The zero-order valence-electron chi connectivity index (χ0n) is 18.5. The molecular weight excluding hydrogens is 402 g/mol. The molecule has 1 aliphatic rings. The Morgan fingerprint density at radius 2 is 2.03 bits per heavy atom. The Labute approximate surface area is 187 Å². The standard InChI is InChI=1S/C25H27N5O2/c1-4-22(26)20-7-8-23(30-24(20)27)21-12-18(13-28-14(21)2)29-25(31)17-9-16(15-5-6-15)10-19(11-17)32-3/h7-13,15,26H,4-6H2,1-3H3,(H2,27,30)(H,29,31). The Balaban J connectivity index is 1.61. The second kappa shape index (κ2) is 8.78. The highest BCUT2D eigenvalue weighted by molar-refractivity contribution is 6.05. The number of hydrogen-bond acceptors (Lipinski definition) is 6. The topological polar surface area (TPSA) is 114 Å². The van der Waals surface area contributed by atoms with Crippen molar-refractivity contribution in [3.63, 3.8) is 0 Å². The number of carbonyl (C=O) groups is 1. The summed E-state index contributed by atoms with van der Waals surface area (Å²) in [6.45, 7) is 3.79. The van der Waals surface area contributed by atoms with Crippen molar-refractivity contribution < 1.29 is 9.53 Å². The van der Waals surface area contributed by atoms with Crippen LogP contribution in [0.1, 0.15) is 59.3 Å². The van der Waals surface area contributed by atoms with Crippen molar-refractivity contribution in [2.24, 2.45) is 0 Å². The van der Waals surface area contributed by atoms with Crippen LogP contribution in [-0.2, 0) is 0 Å². The number of nitrogens with two attached hydrogens (primary N) is 1. The van der Waals surface area contributed by atoms with Crippen molar-refractivity contribution in [3.8, 4) is 17.0 Å². The molecule has 164 valence electrons. The van der Waals surface area contributed by atoms with Crippen molar-refractivity contribution in [3.05, 3.63) is 65.0 Å². The second-order valence-corrected chi connectivity index (χ2v) is 8.04. The van der Waals surface area contributed by atoms with E-state index in [1.807, 2.05) is 44.2 Å². The van der Waals surface area contributed by atoms with E-state index in [1.54, 1.807) is 19.4 Å². The monoisotopic (exact) mass is 429 g/mol. The van der Waals surface area contributed by atoms with Gasteiger partial charge in [-0.2, -0.15) is 0 Å². The predicted octanol–water partition coefficient (Wildman–Crippen LogP) is 4.95. The number of anilines is 2. The number of nitrogen functional groups attached to an aromatic ring is 1. The molecule has 0 saturated heterocycles. The minimum atomic E-state index is -0.221. The van der Waals surface area contributed by atoms with Crippen LogP contribution in [0, 0.1) is 12.3 Å². The molecule has 0 bridgehead atoms. The van der Waals surface area contributed by atoms with Gasteiger partial charge in [0.2, 0.25) is 0 Å². The first kappa shape index (κ1) is 21.5. The van der Waals surface area contributed by atoms with E-state index < -0.39 is 0 Å². The van der Waals surface area contributed by atoms with Crippen LogP contribution >= 0.6 is 0 Å². The fraction of sp³-hybridized carbons (Fsp3) is 0.280. The number of hydrogen-bond donors (Lipinski definition) is 3. The van der Waals surface area contributed by atoms with Crippen molar-refractivity contribution >= 4 is 23.1 Å². The van der Waals surface area contributed by atoms with Crippen molar-refractivity contribution in [2.45, 2.75) is 39.0 Å². The third-order valence-electron chi connectivity index (χ3n) is 5.70. The molecule has 0 atom stereocenters. The second-order valence-electron chi connectivity index (χ2n) is 8.04. The van der Waals surface area contributed by atoms with Gasteiger partial charge < -0.3 is 21.2 Å². The van der Waals surface area contributed by atoms with Gasteiger partial charge in [-0.05, 0) is 74.1 Å². The molecule has 0 aliphatic heterocycles. The summed E-state index contributed by atoms with van der Waals surface area (Å²) in [4.78, 5) is 21.9. The minimum absolute atomic E-state index is 0.221. The van der Waals surface area contributed by atoms with E-state index in [-0.39, 0.29) is 5.91 Å². The zero-order chi connectivity index (χ0) is 22.8. The number of nitrogens with one attached hydrogen (secondary N) is 2. The minimum Gasteiger partial charge on any atom is -0.497 e. The van der Waals surface area contributed by atoms with E-state index >= 15 is 0 Å². The molecule has 1 saturated carbocycles. The molecule has 1 aliphatic carbocycles. The summed E-state index contributed by atoms with van der Waals surface area (Å²) < 4.78 is 5.38. The molecule has 0 spiro atoms. The van der Waals surface area contributed by atoms with Crippen LogP contribution in [0.5, 0.6) is 5.75 Å². The molecule has 3 aromatic rings. The summed E-state index contributed by atoms with van der Waals surface area (Å²) in [5.41, 5.74) is 11.6. The summed E-state index contributed by atoms with van der Waals surface area (Å²) in [5.74, 6) is 1.28. The first-order valence-corrected chi connectivity index (χ1v) is 10.7. The number of benzene rings is 1. The maximum atomic E-state index is 13.0. The van der Waals surface area contributed by atoms with E-state index in [9.17, 15) is 4.79 Å². The maximum absolute atomic E-state index is 13.0. The molecule has 0 radical (unpaired) electrons. The van der Waals surface area contributed by atoms with Gasteiger partial charge in [0, 0.05) is 28.1 Å². The summed E-state index contributed by atoms with van der Waals surface area (Å²) in [6, 6.07) is 11.2. The number of pyridine rings is 2. The maximum Gasteiger partial charge on any atom is 0.255 e. The molecule has 2 aromatic heterocycles. The quantitative estimate of drug-likeness (QED) is 0.460. The number of nitrogens with zero attached hydrogens (tertiary/aromatic N) is 2. The predicted molar refractivity (Wildman–Crippen MR) is 127 cm³/mol. The molecule has 7 nitrogen and oxygen atoms in total. The Kier molecular flexibility index (Phi) is 5.90. The molecular formula is C25H27N5O2. The molecule has 32 heavy (non-hydrogen) atoms. The highest BCUT2D eigenvalue weighted by atomic mass is 16.5. The number of methoxy groups -OCH3 is 1. The zero-order valence-corrected chi connectivity index (χ0v) is 18.5. The number of rotatable bonds is 7. The number of aryl methyl sites for hydroxylation is 1. The van der Waals surface area contributed by atoms with Crippen molar-refractivity contribution in [2.75, 3.05) is 18.2 Å². The van der Waals surface area contributed by atoms with Gasteiger partial charge in [0.25, 0.3) is 5.91 Å². The Hall–Kier alpha value is -3.74. The lowest BCUT2D eigenvalue weighted by atomic mass is 10.0. The first-order valence-electron chi connectivity index (χ1n) is 10.7. The van der Waals surface area contributed by atoms with Crippen LogP contribution < -0.4 is 15.8 Å². The average molecular weight is 430 g/mol. The van der Waals surface area contributed by atoms with Crippen LogP contribution in [0.4, 0.5) is 11.5 Å². The van der Waals surface area contributed by atoms with Gasteiger partial charge in [-0.25, -0.2) is 4.98 Å². The molecule has 1 fully saturated rings. The van der Waals surface area contributed by atoms with Crippen LogP contribution in [0.3, 0.4) is 0 Å². The lowest BCUT2D eigenvalue weighted by molar-refractivity contribution is 0.102. The van der Waals surface area contributed by atoms with Gasteiger partial charge >= 0.3 is 0 Å². The van der Waals surface area contributed by atoms with E-state index in [2.05, 4.69) is 15.3 Å². The SMILES string of the molecule is CCC(=N)c1ccc(-c2cc(NC(=O)c3cc(OC)cc(C4CC4)c3)cnc2C)nc1N. The Bertz CT molecular complexity index is 1200. The Morgan fingerprint density at radius 1 is 1.25 bits per heavy atom. The largest absolute Gasteiger partial charge is 0.497 e. The lowest BCUT2D eigenvalue weighted by Crippen LogP contribution is -2.13. The molecule has 2 heterocycles. The van der Waals surface area contributed by atoms with Gasteiger partial charge in [-0.1, -0.05) is 6.92 Å². The van der Waals surface area contributed by atoms with Crippen molar-refractivity contribution in [1.82, 2.24) is 9.97 Å². The number of aromatic nitrogens is 2. The van der Waals surface area contributed by atoms with E-state index in [4.69, 9.17) is 15.9 Å². The summed E-state index contributed by atoms with van der Waals surface area (Å²) in [5, 5.41) is 11.0. The van der Waals surface area contributed by atoms with Crippen LogP contribution in [0.2, 0.25) is 0 Å². The smallest absolute Gasteiger partial charge is 0.255 e. The summed E-state index contributed by atoms with van der Waals surface area (Å²) >= 11 is 0. The normalized spacial score (nSPS) is 13.0. The summed E-state index contributed by atoms with van der Waals surface area (Å²) in [6.07, 6.45) is 4.50. The molecule has 4 rings (SSSR count). The number of amides is 1. The van der Waals surface area contributed by atoms with Crippen LogP contribution in [0.15, 0.2) is 42.6 Å². The van der Waals surface area contributed by atoms with Crippen LogP contribution in [-0.4, -0.2) is 28.7 Å². The fourth-order valence-corrected chi connectivity index (χ4v) is 3.66. The van der Waals surface area contributed by atoms with E-state index in [0.717, 1.165) is 29.7 Å². The highest BCUT2D eigenvalue weighted by Crippen LogP contribution is 2.41. The molecule has 1 aromatic carbocycles. The van der Waals surface area contributed by atoms with Crippen molar-refractivity contribution in [1.29, 1.82) is 5.41 Å². The van der Waals surface area contributed by atoms with Gasteiger partial charge in [0.05, 0.1) is 24.7 Å². The molecule has 7 heteroatoms. The first-order chi connectivity index (χ1) is 15.4. The van der Waals surface area contributed by atoms with Gasteiger partial charge in [-0.3, -0.25) is 9.78 Å². The number of carbonyl (C=O) groups excluding carboxylic acids is 1. The third-order valence-corrected chi connectivity index (χ3v) is 5.70. The van der Waals surface area contributed by atoms with Gasteiger partial charge in [-0.15, -0.1) is 0 Å². The lowest BCUT2D eigenvalue weighted by Gasteiger charge is -2.12. The molecule has 0 unspecified atom stereocenters. The van der Waals surface area contributed by atoms with Gasteiger partial charge in [0.15, 0.2) is 0 Å². The third kappa shape index (κ3) is 4.46. The Morgan fingerprint density at radius 3 is 2.69 bits per heavy atom. The highest BCUT2D eigenvalue weighted by Gasteiger charge is 2.25. The average Bonchev–Trinajstić information content (AvgIpc) is 3.65. The van der Waals surface area contributed by atoms with Crippen LogP contribution in [0.25, 0.3) is 11.3 Å².